The lowest BCUT2D eigenvalue weighted by Gasteiger charge is -2.32. The minimum atomic E-state index is -0.347. The van der Waals surface area contributed by atoms with Gasteiger partial charge in [0.1, 0.15) is 5.69 Å². The standard InChI is InChI=1S/C15H18N4O3/c1-2-4-17-14(21)13-10-12(3-5-16-13)15(22)19-8-6-18(11-20)7-9-19/h2-3,5,10-11H,1,4,6-9H2,(H,17,21). The van der Waals surface area contributed by atoms with Crippen LogP contribution in [0.3, 0.4) is 0 Å². The summed E-state index contributed by atoms with van der Waals surface area (Å²) in [5.41, 5.74) is 0.609. The molecule has 0 atom stereocenters. The number of hydrogen-bond donors (Lipinski definition) is 1. The molecule has 7 heteroatoms. The van der Waals surface area contributed by atoms with Crippen molar-refractivity contribution in [1.29, 1.82) is 0 Å². The number of nitrogens with zero attached hydrogens (tertiary/aromatic N) is 3. The van der Waals surface area contributed by atoms with Crippen molar-refractivity contribution < 1.29 is 14.4 Å². The van der Waals surface area contributed by atoms with Crippen molar-refractivity contribution in [3.8, 4) is 0 Å². The molecule has 0 saturated carbocycles. The Morgan fingerprint density at radius 1 is 1.32 bits per heavy atom. The fraction of sp³-hybridized carbons (Fsp3) is 0.333. The zero-order chi connectivity index (χ0) is 15.9. The fourth-order valence-corrected chi connectivity index (χ4v) is 2.16. The molecule has 1 N–H and O–H groups in total. The van der Waals surface area contributed by atoms with Gasteiger partial charge in [-0.2, -0.15) is 0 Å². The molecule has 0 aromatic carbocycles. The van der Waals surface area contributed by atoms with Crippen molar-refractivity contribution >= 4 is 18.2 Å². The molecule has 7 nitrogen and oxygen atoms in total. The first-order valence-corrected chi connectivity index (χ1v) is 6.99. The lowest BCUT2D eigenvalue weighted by atomic mass is 10.1. The number of pyridine rings is 1. The first kappa shape index (κ1) is 15.7. The zero-order valence-electron chi connectivity index (χ0n) is 12.2. The summed E-state index contributed by atoms with van der Waals surface area (Å²) in [6.45, 7) is 5.87. The number of rotatable bonds is 5. The number of hydrogen-bond acceptors (Lipinski definition) is 4. The van der Waals surface area contributed by atoms with Crippen LogP contribution in [0.25, 0.3) is 0 Å². The van der Waals surface area contributed by atoms with E-state index in [0.29, 0.717) is 38.3 Å². The van der Waals surface area contributed by atoms with Crippen molar-refractivity contribution in [2.75, 3.05) is 32.7 Å². The van der Waals surface area contributed by atoms with Gasteiger partial charge >= 0.3 is 0 Å². The third kappa shape index (κ3) is 3.69. The van der Waals surface area contributed by atoms with Crippen molar-refractivity contribution in [3.63, 3.8) is 0 Å². The molecule has 1 fully saturated rings. The second-order valence-electron chi connectivity index (χ2n) is 4.86. The predicted molar refractivity (Wildman–Crippen MR) is 80.3 cm³/mol. The molecule has 0 bridgehead atoms. The van der Waals surface area contributed by atoms with Crippen LogP contribution in [0.4, 0.5) is 0 Å². The molecular formula is C15H18N4O3. The number of carbonyl (C=O) groups is 3. The summed E-state index contributed by atoms with van der Waals surface area (Å²) in [5, 5.41) is 2.62. The molecule has 1 aromatic heterocycles. The topological polar surface area (TPSA) is 82.6 Å². The summed E-state index contributed by atoms with van der Waals surface area (Å²) >= 11 is 0. The maximum absolute atomic E-state index is 12.4. The van der Waals surface area contributed by atoms with Crippen LogP contribution in [0.15, 0.2) is 31.0 Å². The van der Waals surface area contributed by atoms with Gasteiger partial charge in [-0.3, -0.25) is 19.4 Å². The average Bonchev–Trinajstić information content (AvgIpc) is 2.59. The lowest BCUT2D eigenvalue weighted by Crippen LogP contribution is -2.48. The van der Waals surface area contributed by atoms with Crippen LogP contribution in [0.5, 0.6) is 0 Å². The smallest absolute Gasteiger partial charge is 0.270 e. The van der Waals surface area contributed by atoms with Gasteiger partial charge in [0.15, 0.2) is 0 Å². The van der Waals surface area contributed by atoms with Crippen LogP contribution in [0, 0.1) is 0 Å². The van der Waals surface area contributed by atoms with E-state index in [9.17, 15) is 14.4 Å². The van der Waals surface area contributed by atoms with E-state index in [0.717, 1.165) is 6.41 Å². The van der Waals surface area contributed by atoms with E-state index in [1.165, 1.54) is 12.3 Å². The Balaban J connectivity index is 2.05. The summed E-state index contributed by atoms with van der Waals surface area (Å²) in [6.07, 6.45) is 3.80. The number of amides is 3. The summed E-state index contributed by atoms with van der Waals surface area (Å²) in [7, 11) is 0. The SMILES string of the molecule is C=CCNC(=O)c1cc(C(=O)N2CCN(C=O)CC2)ccn1. The van der Waals surface area contributed by atoms with Crippen LogP contribution < -0.4 is 5.32 Å². The summed E-state index contributed by atoms with van der Waals surface area (Å²) < 4.78 is 0. The molecule has 3 amide bonds. The van der Waals surface area contributed by atoms with Crippen LogP contribution >= 0.6 is 0 Å². The lowest BCUT2D eigenvalue weighted by molar-refractivity contribution is -0.119. The Kier molecular flexibility index (Phi) is 5.24. The largest absolute Gasteiger partial charge is 0.347 e. The van der Waals surface area contributed by atoms with Gasteiger partial charge in [0.05, 0.1) is 0 Å². The maximum Gasteiger partial charge on any atom is 0.270 e. The minimum Gasteiger partial charge on any atom is -0.347 e. The quantitative estimate of drug-likeness (QED) is 0.609. The van der Waals surface area contributed by atoms with E-state index in [2.05, 4.69) is 16.9 Å². The van der Waals surface area contributed by atoms with Gasteiger partial charge in [0.25, 0.3) is 11.8 Å². The highest BCUT2D eigenvalue weighted by atomic mass is 16.2. The Morgan fingerprint density at radius 3 is 2.68 bits per heavy atom. The molecule has 0 radical (unpaired) electrons. The molecule has 1 aliphatic heterocycles. The van der Waals surface area contributed by atoms with Gasteiger partial charge in [0.2, 0.25) is 6.41 Å². The minimum absolute atomic E-state index is 0.161. The molecule has 2 heterocycles. The van der Waals surface area contributed by atoms with Gasteiger partial charge in [-0.25, -0.2) is 0 Å². The Labute approximate surface area is 128 Å². The molecule has 116 valence electrons. The Bertz CT molecular complexity index is 580. The molecule has 22 heavy (non-hydrogen) atoms. The second-order valence-corrected chi connectivity index (χ2v) is 4.86. The van der Waals surface area contributed by atoms with Gasteiger partial charge in [-0.1, -0.05) is 6.08 Å². The van der Waals surface area contributed by atoms with Crippen molar-refractivity contribution in [1.82, 2.24) is 20.1 Å². The molecule has 1 aliphatic rings. The Hall–Kier alpha value is -2.70. The van der Waals surface area contributed by atoms with Gasteiger partial charge in [-0.05, 0) is 12.1 Å². The van der Waals surface area contributed by atoms with Crippen molar-refractivity contribution in [2.45, 2.75) is 0 Å². The normalized spacial score (nSPS) is 14.4. The van der Waals surface area contributed by atoms with Gasteiger partial charge in [0, 0.05) is 44.5 Å². The maximum atomic E-state index is 12.4. The predicted octanol–water partition coefficient (Wildman–Crippen LogP) is -0.0884. The van der Waals surface area contributed by atoms with Crippen molar-refractivity contribution in [2.24, 2.45) is 0 Å². The first-order chi connectivity index (χ1) is 10.7. The monoisotopic (exact) mass is 302 g/mol. The molecule has 2 rings (SSSR count). The third-order valence-corrected chi connectivity index (χ3v) is 3.40. The van der Waals surface area contributed by atoms with E-state index in [4.69, 9.17) is 0 Å². The summed E-state index contributed by atoms with van der Waals surface area (Å²) in [4.78, 5) is 42.2. The van der Waals surface area contributed by atoms with Crippen molar-refractivity contribution in [3.05, 3.63) is 42.2 Å². The van der Waals surface area contributed by atoms with E-state index in [1.807, 2.05) is 0 Å². The molecule has 0 spiro atoms. The molecular weight excluding hydrogens is 284 g/mol. The number of nitrogens with one attached hydrogen (secondary N) is 1. The highest BCUT2D eigenvalue weighted by Crippen LogP contribution is 2.09. The molecule has 1 saturated heterocycles. The number of aromatic nitrogens is 1. The van der Waals surface area contributed by atoms with Gasteiger partial charge in [-0.15, -0.1) is 6.58 Å². The fourth-order valence-electron chi connectivity index (χ4n) is 2.16. The van der Waals surface area contributed by atoms with Gasteiger partial charge < -0.3 is 15.1 Å². The molecule has 1 aromatic rings. The van der Waals surface area contributed by atoms with Crippen LogP contribution in [-0.2, 0) is 4.79 Å². The van der Waals surface area contributed by atoms with Crippen LogP contribution in [0.1, 0.15) is 20.8 Å². The van der Waals surface area contributed by atoms with E-state index < -0.39 is 0 Å². The zero-order valence-corrected chi connectivity index (χ0v) is 12.2. The summed E-state index contributed by atoms with van der Waals surface area (Å²) in [5.74, 6) is -0.508. The Morgan fingerprint density at radius 2 is 2.05 bits per heavy atom. The number of carbonyl (C=O) groups excluding carboxylic acids is 3. The van der Waals surface area contributed by atoms with E-state index >= 15 is 0 Å². The molecule has 0 unspecified atom stereocenters. The highest BCUT2D eigenvalue weighted by Gasteiger charge is 2.22. The highest BCUT2D eigenvalue weighted by molar-refractivity contribution is 5.98. The van der Waals surface area contributed by atoms with E-state index in [-0.39, 0.29) is 17.5 Å². The average molecular weight is 302 g/mol. The molecule has 0 aliphatic carbocycles. The first-order valence-electron chi connectivity index (χ1n) is 6.99. The van der Waals surface area contributed by atoms with E-state index in [1.54, 1.807) is 21.9 Å². The third-order valence-electron chi connectivity index (χ3n) is 3.40. The van der Waals surface area contributed by atoms with Crippen LogP contribution in [0.2, 0.25) is 0 Å². The summed E-state index contributed by atoms with van der Waals surface area (Å²) in [6, 6.07) is 3.06. The second kappa shape index (κ2) is 7.35. The number of piperazine rings is 1. The van der Waals surface area contributed by atoms with Crippen LogP contribution in [-0.4, -0.2) is 65.7 Å².